The van der Waals surface area contributed by atoms with Gasteiger partial charge in [0.15, 0.2) is 0 Å². The maximum atomic E-state index is 15.2. The van der Waals surface area contributed by atoms with Gasteiger partial charge in [-0.1, -0.05) is 0 Å². The summed E-state index contributed by atoms with van der Waals surface area (Å²) < 4.78 is 37.9. The molecule has 1 atom stereocenters. The Bertz CT molecular complexity index is 1290. The summed E-state index contributed by atoms with van der Waals surface area (Å²) in [5, 5.41) is 2.38. The van der Waals surface area contributed by atoms with Gasteiger partial charge in [0.2, 0.25) is 0 Å². The zero-order valence-electron chi connectivity index (χ0n) is 21.3. The summed E-state index contributed by atoms with van der Waals surface area (Å²) in [5.74, 6) is -2.22. The minimum atomic E-state index is -0.853. The van der Waals surface area contributed by atoms with Gasteiger partial charge in [0, 0.05) is 31.9 Å². The van der Waals surface area contributed by atoms with Crippen molar-refractivity contribution in [1.82, 2.24) is 19.6 Å². The molecule has 4 rings (SSSR count). The van der Waals surface area contributed by atoms with E-state index in [0.29, 0.717) is 30.9 Å². The lowest BCUT2D eigenvalue weighted by molar-refractivity contribution is 0.0165. The molecule has 3 heterocycles. The van der Waals surface area contributed by atoms with E-state index in [1.165, 1.54) is 7.05 Å². The van der Waals surface area contributed by atoms with Crippen molar-refractivity contribution in [3.05, 3.63) is 58.9 Å². The van der Waals surface area contributed by atoms with Gasteiger partial charge in [0.1, 0.15) is 22.9 Å². The number of carbonyl (C=O) groups excluding carboxylic acids is 2. The quantitative estimate of drug-likeness (QED) is 0.541. The number of carbonyl (C=O) groups is 2. The zero-order chi connectivity index (χ0) is 26.2. The number of piperidine rings is 1. The summed E-state index contributed by atoms with van der Waals surface area (Å²) >= 11 is 0. The zero-order valence-corrected chi connectivity index (χ0v) is 21.3. The fourth-order valence-electron chi connectivity index (χ4n) is 4.66. The molecule has 0 saturated carbocycles. The van der Waals surface area contributed by atoms with E-state index in [0.717, 1.165) is 30.5 Å². The van der Waals surface area contributed by atoms with Crippen LogP contribution in [0.5, 0.6) is 0 Å². The molecule has 0 bridgehead atoms. The summed E-state index contributed by atoms with van der Waals surface area (Å²) in [6.45, 7) is 8.50. The van der Waals surface area contributed by atoms with Crippen LogP contribution < -0.4 is 5.32 Å². The second-order valence-corrected chi connectivity index (χ2v) is 10.4. The topological polar surface area (TPSA) is 75.9 Å². The Kier molecular flexibility index (Phi) is 7.02. The lowest BCUT2D eigenvalue weighted by Crippen LogP contribution is -2.43. The van der Waals surface area contributed by atoms with Gasteiger partial charge in [-0.05, 0) is 82.7 Å². The molecule has 0 aliphatic carbocycles. The molecule has 1 aromatic carbocycles. The maximum absolute atomic E-state index is 15.2. The molecule has 3 aromatic rings. The van der Waals surface area contributed by atoms with Crippen LogP contribution in [0, 0.1) is 24.5 Å². The standard InChI is InChI=1S/C27H32F2N4O3/c1-16-8-10-33-21(12-17-7-6-9-32(15-17)26(35)36-27(2,3)4)24(31-22(33)11-16)23-19(28)13-18(14-20(23)29)25(34)30-5/h8,10-11,13-14,17H,6-7,9,12,15H2,1-5H3,(H,30,34)/t17-/m1/s1. The van der Waals surface area contributed by atoms with Crippen molar-refractivity contribution in [2.45, 2.75) is 52.6 Å². The second kappa shape index (κ2) is 9.87. The van der Waals surface area contributed by atoms with Crippen LogP contribution >= 0.6 is 0 Å². The van der Waals surface area contributed by atoms with Gasteiger partial charge in [-0.25, -0.2) is 18.6 Å². The van der Waals surface area contributed by atoms with E-state index in [2.05, 4.69) is 10.3 Å². The molecule has 1 saturated heterocycles. The number of hydrogen-bond acceptors (Lipinski definition) is 4. The Morgan fingerprint density at radius 1 is 1.19 bits per heavy atom. The first-order chi connectivity index (χ1) is 17.0. The molecule has 9 heteroatoms. The fraction of sp³-hybridized carbons (Fsp3) is 0.444. The van der Waals surface area contributed by atoms with Crippen molar-refractivity contribution in [2.75, 3.05) is 20.1 Å². The number of fused-ring (bicyclic) bond motifs is 1. The number of imidazole rings is 1. The largest absolute Gasteiger partial charge is 0.444 e. The first kappa shape index (κ1) is 25.6. The van der Waals surface area contributed by atoms with Crippen molar-refractivity contribution < 1.29 is 23.1 Å². The molecule has 1 aliphatic rings. The highest BCUT2D eigenvalue weighted by molar-refractivity contribution is 5.94. The van der Waals surface area contributed by atoms with Crippen LogP contribution in [0.25, 0.3) is 16.9 Å². The highest BCUT2D eigenvalue weighted by Crippen LogP contribution is 2.33. The van der Waals surface area contributed by atoms with E-state index in [1.807, 2.05) is 50.4 Å². The molecule has 1 fully saturated rings. The summed E-state index contributed by atoms with van der Waals surface area (Å²) in [6.07, 6.45) is 3.62. The molecule has 0 radical (unpaired) electrons. The molecular weight excluding hydrogens is 466 g/mol. The van der Waals surface area contributed by atoms with Crippen LogP contribution in [-0.4, -0.2) is 52.0 Å². The Balaban J connectivity index is 1.72. The summed E-state index contributed by atoms with van der Waals surface area (Å²) in [7, 11) is 1.40. The molecule has 0 unspecified atom stereocenters. The van der Waals surface area contributed by atoms with Gasteiger partial charge >= 0.3 is 6.09 Å². The number of benzene rings is 1. The fourth-order valence-corrected chi connectivity index (χ4v) is 4.66. The van der Waals surface area contributed by atoms with Gasteiger partial charge < -0.3 is 19.4 Å². The summed E-state index contributed by atoms with van der Waals surface area (Å²) in [4.78, 5) is 30.9. The number of nitrogens with one attached hydrogen (secondary N) is 1. The predicted molar refractivity (Wildman–Crippen MR) is 133 cm³/mol. The molecule has 192 valence electrons. The number of ether oxygens (including phenoxy) is 1. The maximum Gasteiger partial charge on any atom is 0.410 e. The van der Waals surface area contributed by atoms with Gasteiger partial charge in [-0.3, -0.25) is 4.79 Å². The van der Waals surface area contributed by atoms with Crippen molar-refractivity contribution in [2.24, 2.45) is 5.92 Å². The van der Waals surface area contributed by atoms with Crippen LogP contribution in [0.3, 0.4) is 0 Å². The van der Waals surface area contributed by atoms with Gasteiger partial charge in [0.25, 0.3) is 5.91 Å². The molecule has 2 amide bonds. The number of aromatic nitrogens is 2. The van der Waals surface area contributed by atoms with Crippen LogP contribution in [0.15, 0.2) is 30.5 Å². The minimum Gasteiger partial charge on any atom is -0.444 e. The van der Waals surface area contributed by atoms with E-state index in [4.69, 9.17) is 4.74 Å². The molecule has 2 aromatic heterocycles. The number of likely N-dealkylation sites (tertiary alicyclic amines) is 1. The Labute approximate surface area is 209 Å². The Morgan fingerprint density at radius 3 is 2.53 bits per heavy atom. The lowest BCUT2D eigenvalue weighted by Gasteiger charge is -2.34. The monoisotopic (exact) mass is 498 g/mol. The number of halogens is 2. The van der Waals surface area contributed by atoms with Crippen molar-refractivity contribution in [3.63, 3.8) is 0 Å². The molecular formula is C27H32F2N4O3. The number of aryl methyl sites for hydroxylation is 1. The summed E-state index contributed by atoms with van der Waals surface area (Å²) in [6, 6.07) is 5.83. The van der Waals surface area contributed by atoms with Gasteiger partial charge in [-0.15, -0.1) is 0 Å². The van der Waals surface area contributed by atoms with E-state index in [9.17, 15) is 9.59 Å². The second-order valence-electron chi connectivity index (χ2n) is 10.4. The van der Waals surface area contributed by atoms with Crippen LogP contribution in [-0.2, 0) is 11.2 Å². The van der Waals surface area contributed by atoms with E-state index < -0.39 is 23.1 Å². The van der Waals surface area contributed by atoms with Crippen molar-refractivity contribution >= 4 is 17.6 Å². The van der Waals surface area contributed by atoms with Crippen LogP contribution in [0.4, 0.5) is 13.6 Å². The van der Waals surface area contributed by atoms with Crippen molar-refractivity contribution in [1.29, 1.82) is 0 Å². The number of amides is 2. The highest BCUT2D eigenvalue weighted by Gasteiger charge is 2.30. The Hall–Kier alpha value is -3.49. The third-order valence-electron chi connectivity index (χ3n) is 6.30. The third kappa shape index (κ3) is 5.34. The van der Waals surface area contributed by atoms with E-state index in [-0.39, 0.29) is 28.8 Å². The minimum absolute atomic E-state index is 0.0579. The van der Waals surface area contributed by atoms with Crippen molar-refractivity contribution in [3.8, 4) is 11.3 Å². The number of nitrogens with zero attached hydrogens (tertiary/aromatic N) is 3. The molecule has 1 N–H and O–H groups in total. The average Bonchev–Trinajstić information content (AvgIpc) is 3.13. The molecule has 36 heavy (non-hydrogen) atoms. The van der Waals surface area contributed by atoms with Gasteiger partial charge in [0.05, 0.1) is 17.0 Å². The highest BCUT2D eigenvalue weighted by atomic mass is 19.1. The average molecular weight is 499 g/mol. The number of rotatable bonds is 4. The normalized spacial score (nSPS) is 16.3. The van der Waals surface area contributed by atoms with E-state index >= 15 is 8.78 Å². The lowest BCUT2D eigenvalue weighted by atomic mass is 9.91. The molecule has 7 nitrogen and oxygen atoms in total. The number of pyridine rings is 1. The Morgan fingerprint density at radius 2 is 1.89 bits per heavy atom. The molecule has 1 aliphatic heterocycles. The predicted octanol–water partition coefficient (Wildman–Crippen LogP) is 5.14. The smallest absolute Gasteiger partial charge is 0.410 e. The van der Waals surface area contributed by atoms with Crippen LogP contribution in [0.2, 0.25) is 0 Å². The third-order valence-corrected chi connectivity index (χ3v) is 6.30. The number of hydrogen-bond donors (Lipinski definition) is 1. The first-order valence-electron chi connectivity index (χ1n) is 12.1. The van der Waals surface area contributed by atoms with Crippen LogP contribution in [0.1, 0.15) is 55.2 Å². The summed E-state index contributed by atoms with van der Waals surface area (Å²) in [5.41, 5.74) is 1.45. The van der Waals surface area contributed by atoms with Gasteiger partial charge in [-0.2, -0.15) is 0 Å². The first-order valence-corrected chi connectivity index (χ1v) is 12.1. The van der Waals surface area contributed by atoms with E-state index in [1.54, 1.807) is 4.90 Å². The molecule has 0 spiro atoms. The SMILES string of the molecule is CNC(=O)c1cc(F)c(-c2nc3cc(C)ccn3c2C[C@H]2CCCN(C(=O)OC(C)(C)C)C2)c(F)c1.